The molecule has 1 amide bonds. The first-order chi connectivity index (χ1) is 14.1. The van der Waals surface area contributed by atoms with Crippen molar-refractivity contribution in [1.82, 2.24) is 14.7 Å². The van der Waals surface area contributed by atoms with Gasteiger partial charge in [-0.1, -0.05) is 24.3 Å². The molecule has 0 radical (unpaired) electrons. The number of carbonyl (C=O) groups is 1. The number of benzene rings is 1. The van der Waals surface area contributed by atoms with Crippen molar-refractivity contribution in [3.05, 3.63) is 43.0 Å². The maximum Gasteiger partial charge on any atom is 0.289 e. The number of hydrogen-bond donors (Lipinski definition) is 1. The Morgan fingerprint density at radius 1 is 1.14 bits per heavy atom. The second-order valence-corrected chi connectivity index (χ2v) is 8.14. The predicted molar refractivity (Wildman–Crippen MR) is 116 cm³/mol. The first kappa shape index (κ1) is 21.4. The van der Waals surface area contributed by atoms with Crippen LogP contribution in [-0.2, 0) is 4.79 Å². The number of hydrogen-bond acceptors (Lipinski definition) is 4. The Hall–Kier alpha value is -2.34. The molecule has 158 valence electrons. The Bertz CT molecular complexity index is 677. The van der Waals surface area contributed by atoms with Crippen LogP contribution in [0.2, 0.25) is 0 Å². The van der Waals surface area contributed by atoms with Crippen molar-refractivity contribution in [2.24, 2.45) is 5.92 Å². The van der Waals surface area contributed by atoms with Crippen LogP contribution in [0.15, 0.2) is 43.0 Å². The molecule has 0 aliphatic carbocycles. The van der Waals surface area contributed by atoms with Gasteiger partial charge in [-0.25, -0.2) is 0 Å². The highest BCUT2D eigenvalue weighted by Crippen LogP contribution is 2.23. The monoisotopic (exact) mass is 398 g/mol. The van der Waals surface area contributed by atoms with Gasteiger partial charge in [0, 0.05) is 51.7 Å². The van der Waals surface area contributed by atoms with Crippen LogP contribution in [0, 0.1) is 11.3 Å². The summed E-state index contributed by atoms with van der Waals surface area (Å²) in [6.45, 7) is 11.2. The molecule has 1 aromatic carbocycles. The third-order valence-corrected chi connectivity index (χ3v) is 6.12. The van der Waals surface area contributed by atoms with Crippen LogP contribution in [0.25, 0.3) is 0 Å². The number of likely N-dealkylation sites (tertiary alicyclic amines) is 1. The molecule has 2 fully saturated rings. The lowest BCUT2D eigenvalue weighted by atomic mass is 9.93. The lowest BCUT2D eigenvalue weighted by Crippen LogP contribution is -2.51. The van der Waals surface area contributed by atoms with Crippen LogP contribution in [0.5, 0.6) is 5.75 Å². The van der Waals surface area contributed by atoms with Crippen molar-refractivity contribution in [2.75, 3.05) is 39.3 Å². The van der Waals surface area contributed by atoms with E-state index >= 15 is 0 Å². The van der Waals surface area contributed by atoms with Crippen molar-refractivity contribution in [3.63, 3.8) is 0 Å². The number of amides is 1. The zero-order valence-electron chi connectivity index (χ0n) is 17.6. The van der Waals surface area contributed by atoms with E-state index in [2.05, 4.69) is 18.4 Å². The topological polar surface area (TPSA) is 59.9 Å². The first-order valence-corrected chi connectivity index (χ1v) is 10.8. The number of nitrogens with one attached hydrogen (secondary N) is 1. The summed E-state index contributed by atoms with van der Waals surface area (Å²) in [5, 5.41) is 8.19. The van der Waals surface area contributed by atoms with Crippen molar-refractivity contribution in [2.45, 2.75) is 38.6 Å². The Balaban J connectivity index is 1.38. The van der Waals surface area contributed by atoms with Gasteiger partial charge in [-0.2, -0.15) is 0 Å². The molecule has 6 nitrogen and oxygen atoms in total. The van der Waals surface area contributed by atoms with Crippen LogP contribution in [0.1, 0.15) is 32.6 Å². The first-order valence-electron chi connectivity index (χ1n) is 10.8. The SMILES string of the molecule is C=CCC(C)N1CCN(C(=O)CC2CCN(C(=N)Oc3ccccc3)CC2)CC1. The molecule has 29 heavy (non-hydrogen) atoms. The van der Waals surface area contributed by atoms with E-state index in [1.54, 1.807) is 0 Å². The number of para-hydroxylation sites is 1. The lowest BCUT2D eigenvalue weighted by molar-refractivity contribution is -0.134. The number of carbonyl (C=O) groups excluding carboxylic acids is 1. The standard InChI is InChI=1S/C23H34N4O2/c1-3-7-19(2)25-14-16-26(17-15-25)22(28)18-20-10-12-27(13-11-20)23(24)29-21-8-5-4-6-9-21/h3-6,8-9,19-20,24H,1,7,10-18H2,2H3. The number of piperazine rings is 1. The van der Waals surface area contributed by atoms with Gasteiger partial charge in [-0.05, 0) is 44.2 Å². The number of amidine groups is 1. The predicted octanol–water partition coefficient (Wildman–Crippen LogP) is 3.21. The molecule has 1 atom stereocenters. The summed E-state index contributed by atoms with van der Waals surface area (Å²) in [5.74, 6) is 1.38. The highest BCUT2D eigenvalue weighted by atomic mass is 16.5. The van der Waals surface area contributed by atoms with Gasteiger partial charge in [0.15, 0.2) is 0 Å². The average Bonchev–Trinajstić information content (AvgIpc) is 2.75. The summed E-state index contributed by atoms with van der Waals surface area (Å²) < 4.78 is 5.64. The normalized spacial score (nSPS) is 19.6. The van der Waals surface area contributed by atoms with E-state index in [-0.39, 0.29) is 11.9 Å². The minimum Gasteiger partial charge on any atom is -0.426 e. The van der Waals surface area contributed by atoms with Gasteiger partial charge in [-0.15, -0.1) is 6.58 Å². The van der Waals surface area contributed by atoms with E-state index in [0.717, 1.165) is 58.5 Å². The van der Waals surface area contributed by atoms with E-state index in [1.807, 2.05) is 46.2 Å². The minimum atomic E-state index is 0.200. The molecule has 1 aromatic rings. The second kappa shape index (κ2) is 10.4. The molecule has 0 bridgehead atoms. The quantitative estimate of drug-likeness (QED) is 0.454. The van der Waals surface area contributed by atoms with Crippen molar-refractivity contribution >= 4 is 11.9 Å². The van der Waals surface area contributed by atoms with Crippen molar-refractivity contribution in [1.29, 1.82) is 5.41 Å². The molecular formula is C23H34N4O2. The Labute approximate surface area is 174 Å². The fourth-order valence-corrected chi connectivity index (χ4v) is 4.18. The highest BCUT2D eigenvalue weighted by Gasteiger charge is 2.28. The number of piperidine rings is 1. The number of nitrogens with zero attached hydrogens (tertiary/aromatic N) is 3. The molecule has 0 spiro atoms. The Morgan fingerprint density at radius 2 is 1.79 bits per heavy atom. The molecule has 2 aliphatic heterocycles. The molecule has 2 aliphatic rings. The molecule has 2 heterocycles. The van der Waals surface area contributed by atoms with Crippen LogP contribution in [0.4, 0.5) is 0 Å². The fraction of sp³-hybridized carbons (Fsp3) is 0.565. The molecule has 0 aromatic heterocycles. The average molecular weight is 399 g/mol. The van der Waals surface area contributed by atoms with Crippen LogP contribution in [-0.4, -0.2) is 71.9 Å². The van der Waals surface area contributed by atoms with Gasteiger partial charge in [0.25, 0.3) is 6.02 Å². The Morgan fingerprint density at radius 3 is 2.41 bits per heavy atom. The highest BCUT2D eigenvalue weighted by molar-refractivity contribution is 5.77. The maximum atomic E-state index is 12.7. The van der Waals surface area contributed by atoms with Gasteiger partial charge >= 0.3 is 0 Å². The van der Waals surface area contributed by atoms with Gasteiger partial charge in [0.05, 0.1) is 0 Å². The summed E-state index contributed by atoms with van der Waals surface area (Å²) in [6, 6.07) is 10.2. The number of rotatable bonds is 6. The zero-order valence-corrected chi connectivity index (χ0v) is 17.6. The lowest BCUT2D eigenvalue weighted by Gasteiger charge is -2.39. The molecule has 0 saturated carbocycles. The molecule has 1 unspecified atom stereocenters. The summed E-state index contributed by atoms with van der Waals surface area (Å²) >= 11 is 0. The number of ether oxygens (including phenoxy) is 1. The zero-order chi connectivity index (χ0) is 20.6. The van der Waals surface area contributed by atoms with Crippen LogP contribution < -0.4 is 4.74 Å². The van der Waals surface area contributed by atoms with Crippen LogP contribution >= 0.6 is 0 Å². The van der Waals surface area contributed by atoms with Gasteiger partial charge in [0.1, 0.15) is 5.75 Å². The smallest absolute Gasteiger partial charge is 0.289 e. The Kier molecular flexibility index (Phi) is 7.69. The summed E-state index contributed by atoms with van der Waals surface area (Å²) in [7, 11) is 0. The van der Waals surface area contributed by atoms with E-state index < -0.39 is 0 Å². The van der Waals surface area contributed by atoms with Crippen LogP contribution in [0.3, 0.4) is 0 Å². The molecule has 6 heteroatoms. The van der Waals surface area contributed by atoms with Gasteiger partial charge in [0.2, 0.25) is 5.91 Å². The molecule has 2 saturated heterocycles. The third-order valence-electron chi connectivity index (χ3n) is 6.12. The van der Waals surface area contributed by atoms with Gasteiger partial charge < -0.3 is 14.5 Å². The maximum absolute atomic E-state index is 12.7. The van der Waals surface area contributed by atoms with Crippen molar-refractivity contribution in [3.8, 4) is 5.75 Å². The fourth-order valence-electron chi connectivity index (χ4n) is 4.18. The molecule has 1 N–H and O–H groups in total. The summed E-state index contributed by atoms with van der Waals surface area (Å²) in [6.07, 6.45) is 5.46. The minimum absolute atomic E-state index is 0.200. The van der Waals surface area contributed by atoms with Crippen molar-refractivity contribution < 1.29 is 9.53 Å². The van der Waals surface area contributed by atoms with Gasteiger partial charge in [-0.3, -0.25) is 15.1 Å². The molecular weight excluding hydrogens is 364 g/mol. The third kappa shape index (κ3) is 6.07. The summed E-state index contributed by atoms with van der Waals surface area (Å²) in [4.78, 5) is 19.2. The van der Waals surface area contributed by atoms with E-state index in [9.17, 15) is 4.79 Å². The summed E-state index contributed by atoms with van der Waals surface area (Å²) in [5.41, 5.74) is 0. The van der Waals surface area contributed by atoms with E-state index in [4.69, 9.17) is 10.1 Å². The van der Waals surface area contributed by atoms with E-state index in [0.29, 0.717) is 24.1 Å². The van der Waals surface area contributed by atoms with E-state index in [1.165, 1.54) is 0 Å². The largest absolute Gasteiger partial charge is 0.426 e. The second-order valence-electron chi connectivity index (χ2n) is 8.14. The molecule has 3 rings (SSSR count).